The third-order valence-electron chi connectivity index (χ3n) is 5.71. The summed E-state index contributed by atoms with van der Waals surface area (Å²) in [4.78, 5) is 15.0. The number of likely N-dealkylation sites (N-methyl/N-ethyl adjacent to an activating group) is 1. The highest BCUT2D eigenvalue weighted by Gasteiger charge is 2.38. The molecule has 31 heavy (non-hydrogen) atoms. The van der Waals surface area contributed by atoms with Crippen LogP contribution in [0, 0.1) is 6.92 Å². The van der Waals surface area contributed by atoms with Gasteiger partial charge in [-0.3, -0.25) is 9.36 Å². The molecule has 1 aliphatic heterocycles. The van der Waals surface area contributed by atoms with Crippen LogP contribution in [0.25, 0.3) is 11.4 Å². The molecule has 0 saturated heterocycles. The number of aromatic nitrogens is 3. The number of allylic oxidation sites excluding steroid dienone is 3. The third kappa shape index (κ3) is 3.74. The third-order valence-corrected chi connectivity index (χ3v) is 6.70. The second-order valence-corrected chi connectivity index (χ2v) is 9.02. The Morgan fingerprint density at radius 1 is 1.26 bits per heavy atom. The number of rotatable bonds is 7. The van der Waals surface area contributed by atoms with Crippen LogP contribution in [0.5, 0.6) is 0 Å². The van der Waals surface area contributed by atoms with Crippen LogP contribution >= 0.6 is 11.8 Å². The fraction of sp³-hybridized carbons (Fsp3) is 0.292. The minimum Gasteiger partial charge on any atom is -0.469 e. The maximum Gasteiger partial charge on any atom is 0.192 e. The van der Waals surface area contributed by atoms with Crippen molar-refractivity contribution in [2.45, 2.75) is 37.9 Å². The quantitative estimate of drug-likeness (QED) is 0.296. The van der Waals surface area contributed by atoms with Gasteiger partial charge in [-0.25, -0.2) is 0 Å². The molecule has 0 aliphatic carbocycles. The molecule has 0 fully saturated rings. The summed E-state index contributed by atoms with van der Waals surface area (Å²) < 4.78 is 7.37. The fourth-order valence-electron chi connectivity index (χ4n) is 4.09. The molecule has 4 rings (SSSR count). The maximum absolute atomic E-state index is 12.9. The summed E-state index contributed by atoms with van der Waals surface area (Å²) >= 11 is 1.39. The highest BCUT2D eigenvalue weighted by Crippen LogP contribution is 2.46. The number of carbonyl (C=O) groups excluding carboxylic acids is 1. The number of hydrogen-bond donors (Lipinski definition) is 0. The number of hydrogen-bond acceptors (Lipinski definition) is 6. The normalized spacial score (nSPS) is 16.0. The van der Waals surface area contributed by atoms with Gasteiger partial charge in [0.1, 0.15) is 5.76 Å². The lowest BCUT2D eigenvalue weighted by molar-refractivity contribution is -0.112. The predicted octanol–water partition coefficient (Wildman–Crippen LogP) is 5.01. The molecule has 3 aromatic rings. The Morgan fingerprint density at radius 3 is 2.71 bits per heavy atom. The summed E-state index contributed by atoms with van der Waals surface area (Å²) in [6.45, 7) is 10.6. The molecule has 0 N–H and O–H groups in total. The molecule has 7 heteroatoms. The zero-order valence-electron chi connectivity index (χ0n) is 18.3. The van der Waals surface area contributed by atoms with Crippen LogP contribution in [0.3, 0.4) is 0 Å². The number of thioether (sulfide) groups is 1. The summed E-state index contributed by atoms with van der Waals surface area (Å²) in [6.07, 6.45) is 5.20. The van der Waals surface area contributed by atoms with Crippen molar-refractivity contribution in [2.75, 3.05) is 17.7 Å². The van der Waals surface area contributed by atoms with E-state index in [9.17, 15) is 4.79 Å². The summed E-state index contributed by atoms with van der Waals surface area (Å²) in [6, 6.07) is 10.2. The zero-order valence-corrected chi connectivity index (χ0v) is 19.1. The Bertz CT molecular complexity index is 1170. The molecule has 2 aromatic heterocycles. The van der Waals surface area contributed by atoms with E-state index >= 15 is 0 Å². The SMILES string of the molecule is C=CCn1c(SCC(=O)C=C2N(C)c3ccccc3C2(C)C)nnc1-c1ccoc1C. The zero-order chi connectivity index (χ0) is 22.2. The van der Waals surface area contributed by atoms with E-state index in [-0.39, 0.29) is 17.0 Å². The number of carbonyl (C=O) groups is 1. The molecule has 6 nitrogen and oxygen atoms in total. The molecule has 0 saturated carbocycles. The van der Waals surface area contributed by atoms with Gasteiger partial charge in [-0.1, -0.05) is 49.9 Å². The molecule has 0 spiro atoms. The van der Waals surface area contributed by atoms with Crippen molar-refractivity contribution in [3.05, 3.63) is 72.3 Å². The lowest BCUT2D eigenvalue weighted by Crippen LogP contribution is -2.24. The number of fused-ring (bicyclic) bond motifs is 1. The first kappa shape index (κ1) is 21.2. The van der Waals surface area contributed by atoms with Crippen LogP contribution in [-0.2, 0) is 16.8 Å². The first-order valence-corrected chi connectivity index (χ1v) is 11.1. The lowest BCUT2D eigenvalue weighted by Gasteiger charge is -2.23. The molecule has 160 valence electrons. The number of aryl methyl sites for hydroxylation is 1. The largest absolute Gasteiger partial charge is 0.469 e. The summed E-state index contributed by atoms with van der Waals surface area (Å²) in [5.41, 5.74) is 4.05. The van der Waals surface area contributed by atoms with Crippen LogP contribution in [-0.4, -0.2) is 33.3 Å². The van der Waals surface area contributed by atoms with Gasteiger partial charge >= 0.3 is 0 Å². The van der Waals surface area contributed by atoms with E-state index in [1.807, 2.05) is 36.7 Å². The van der Waals surface area contributed by atoms with Crippen LogP contribution in [0.4, 0.5) is 5.69 Å². The van der Waals surface area contributed by atoms with Crippen LogP contribution in [0.15, 0.2) is 70.6 Å². The van der Waals surface area contributed by atoms with Crippen molar-refractivity contribution in [1.29, 1.82) is 0 Å². The Morgan fingerprint density at radius 2 is 2.03 bits per heavy atom. The van der Waals surface area contributed by atoms with E-state index in [0.717, 1.165) is 22.7 Å². The first-order chi connectivity index (χ1) is 14.8. The lowest BCUT2D eigenvalue weighted by atomic mass is 9.83. The molecule has 0 unspecified atom stereocenters. The predicted molar refractivity (Wildman–Crippen MR) is 124 cm³/mol. The van der Waals surface area contributed by atoms with E-state index in [4.69, 9.17) is 4.42 Å². The first-order valence-electron chi connectivity index (χ1n) is 10.1. The number of ketones is 1. The average molecular weight is 435 g/mol. The maximum atomic E-state index is 12.9. The molecule has 0 radical (unpaired) electrons. The fourth-order valence-corrected chi connectivity index (χ4v) is 4.86. The van der Waals surface area contributed by atoms with Crippen molar-refractivity contribution >= 4 is 23.2 Å². The highest BCUT2D eigenvalue weighted by molar-refractivity contribution is 7.99. The summed E-state index contributed by atoms with van der Waals surface area (Å²) in [7, 11) is 2.01. The topological polar surface area (TPSA) is 64.2 Å². The standard InChI is InChI=1S/C24H26N4O2S/c1-6-12-28-22(18-11-13-30-16(18)2)25-26-23(28)31-15-17(29)14-21-24(3,4)19-9-7-8-10-20(19)27(21)5/h6-11,13-14H,1,12,15H2,2-5H3. The monoisotopic (exact) mass is 434 g/mol. The van der Waals surface area contributed by atoms with Gasteiger partial charge in [-0.05, 0) is 24.6 Å². The number of nitrogens with zero attached hydrogens (tertiary/aromatic N) is 4. The van der Waals surface area contributed by atoms with Gasteiger partial charge in [0.25, 0.3) is 0 Å². The van der Waals surface area contributed by atoms with Gasteiger partial charge in [0.15, 0.2) is 16.8 Å². The van der Waals surface area contributed by atoms with Crippen molar-refractivity contribution in [2.24, 2.45) is 0 Å². The van der Waals surface area contributed by atoms with Gasteiger partial charge in [-0.15, -0.1) is 16.8 Å². The highest BCUT2D eigenvalue weighted by atomic mass is 32.2. The molecular weight excluding hydrogens is 408 g/mol. The van der Waals surface area contributed by atoms with E-state index in [0.29, 0.717) is 17.5 Å². The van der Waals surface area contributed by atoms with Crippen molar-refractivity contribution in [1.82, 2.24) is 14.8 Å². The van der Waals surface area contributed by atoms with Crippen LogP contribution in [0.1, 0.15) is 25.2 Å². The van der Waals surface area contributed by atoms with Gasteiger partial charge in [0, 0.05) is 36.5 Å². The number of furan rings is 1. The van der Waals surface area contributed by atoms with Crippen LogP contribution < -0.4 is 4.90 Å². The Kier molecular flexibility index (Phi) is 5.62. The van der Waals surface area contributed by atoms with Gasteiger partial charge < -0.3 is 9.32 Å². The Labute approximate surface area is 186 Å². The average Bonchev–Trinajstić information content (AvgIpc) is 3.39. The van der Waals surface area contributed by atoms with Crippen molar-refractivity contribution in [3.63, 3.8) is 0 Å². The Balaban J connectivity index is 1.54. The van der Waals surface area contributed by atoms with Gasteiger partial charge in [0.05, 0.1) is 17.6 Å². The molecule has 0 bridgehead atoms. The van der Waals surface area contributed by atoms with E-state index in [1.165, 1.54) is 17.3 Å². The van der Waals surface area contributed by atoms with E-state index < -0.39 is 0 Å². The molecular formula is C24H26N4O2S. The van der Waals surface area contributed by atoms with E-state index in [1.54, 1.807) is 18.4 Å². The molecule has 1 aromatic carbocycles. The number of anilines is 1. The smallest absolute Gasteiger partial charge is 0.192 e. The molecule has 1 aliphatic rings. The Hall–Kier alpha value is -3.06. The second kappa shape index (κ2) is 8.23. The molecule has 0 amide bonds. The summed E-state index contributed by atoms with van der Waals surface area (Å²) in [5, 5.41) is 9.33. The van der Waals surface area contributed by atoms with Gasteiger partial charge in [-0.2, -0.15) is 0 Å². The second-order valence-electron chi connectivity index (χ2n) is 8.08. The molecule has 3 heterocycles. The molecule has 0 atom stereocenters. The minimum atomic E-state index is -0.222. The minimum absolute atomic E-state index is 0.0434. The van der Waals surface area contributed by atoms with Gasteiger partial charge in [0.2, 0.25) is 0 Å². The van der Waals surface area contributed by atoms with Crippen LogP contribution in [0.2, 0.25) is 0 Å². The van der Waals surface area contributed by atoms with Crippen molar-refractivity contribution in [3.8, 4) is 11.4 Å². The van der Waals surface area contributed by atoms with E-state index in [2.05, 4.69) is 47.7 Å². The number of benzene rings is 1. The van der Waals surface area contributed by atoms with Crippen molar-refractivity contribution < 1.29 is 9.21 Å². The number of para-hydroxylation sites is 1. The summed E-state index contributed by atoms with van der Waals surface area (Å²) in [5.74, 6) is 1.82.